The number of hydrogen-bond donors (Lipinski definition) is 0. The summed E-state index contributed by atoms with van der Waals surface area (Å²) in [5.74, 6) is -0.771. The number of ether oxygens (including phenoxy) is 1. The van der Waals surface area contributed by atoms with Crippen LogP contribution < -0.4 is 0 Å². The van der Waals surface area contributed by atoms with E-state index >= 15 is 0 Å². The van der Waals surface area contributed by atoms with E-state index in [1.165, 1.54) is 0 Å². The van der Waals surface area contributed by atoms with Crippen LogP contribution in [0.25, 0.3) is 0 Å². The van der Waals surface area contributed by atoms with Gasteiger partial charge in [0.1, 0.15) is 5.69 Å². The van der Waals surface area contributed by atoms with Crippen molar-refractivity contribution in [3.8, 4) is 0 Å². The summed E-state index contributed by atoms with van der Waals surface area (Å²) in [6, 6.07) is 0.950. The van der Waals surface area contributed by atoms with Crippen molar-refractivity contribution in [1.29, 1.82) is 0 Å². The molecule has 1 heterocycles. The maximum absolute atomic E-state index is 12.7. The summed E-state index contributed by atoms with van der Waals surface area (Å²) >= 11 is 0. The number of aryl methyl sites for hydroxylation is 1. The highest BCUT2D eigenvalue weighted by Gasteiger charge is 2.38. The van der Waals surface area contributed by atoms with Crippen molar-refractivity contribution in [2.75, 3.05) is 7.11 Å². The van der Waals surface area contributed by atoms with Crippen LogP contribution in [0, 0.1) is 6.92 Å². The maximum Gasteiger partial charge on any atom is 0.418 e. The highest BCUT2D eigenvalue weighted by molar-refractivity contribution is 5.71. The van der Waals surface area contributed by atoms with E-state index in [2.05, 4.69) is 9.72 Å². The molecule has 106 valence electrons. The molecule has 0 aliphatic carbocycles. The third-order valence-electron chi connectivity index (χ3n) is 2.34. The smallest absolute Gasteiger partial charge is 0.418 e. The van der Waals surface area contributed by atoms with Gasteiger partial charge >= 0.3 is 12.1 Å². The number of aromatic nitrogens is 1. The van der Waals surface area contributed by atoms with Crippen LogP contribution in [-0.2, 0) is 22.1 Å². The normalized spacial score (nSPS) is 11.8. The van der Waals surface area contributed by atoms with E-state index in [1.807, 2.05) is 0 Å². The van der Waals surface area contributed by atoms with Crippen molar-refractivity contribution >= 4 is 5.97 Å². The molecule has 0 saturated carbocycles. The van der Waals surface area contributed by atoms with Gasteiger partial charge in [-0.05, 0) is 18.6 Å². The van der Waals surface area contributed by atoms with E-state index in [0.29, 0.717) is 0 Å². The lowest BCUT2D eigenvalue weighted by molar-refractivity contribution is -0.140. The van der Waals surface area contributed by atoms with Crippen LogP contribution in [0.2, 0.25) is 0 Å². The van der Waals surface area contributed by atoms with E-state index in [4.69, 9.17) is 0 Å². The van der Waals surface area contributed by atoms with Crippen molar-refractivity contribution in [1.82, 2.24) is 4.98 Å². The van der Waals surface area contributed by atoms with Crippen molar-refractivity contribution in [2.24, 2.45) is 0 Å². The molecule has 0 fully saturated rings. The van der Waals surface area contributed by atoms with Crippen LogP contribution in [0.15, 0.2) is 6.07 Å². The molecule has 0 spiro atoms. The van der Waals surface area contributed by atoms with Gasteiger partial charge in [-0.2, -0.15) is 13.2 Å². The van der Waals surface area contributed by atoms with E-state index in [-0.39, 0.29) is 5.69 Å². The van der Waals surface area contributed by atoms with Gasteiger partial charge in [0.2, 0.25) is 0 Å². The Kier molecular flexibility index (Phi) is 4.43. The number of carbonyl (C=O) groups is 1. The molecule has 1 aromatic rings. The number of esters is 1. The molecule has 0 amide bonds. The summed E-state index contributed by atoms with van der Waals surface area (Å²) in [7, 11) is 1.08. The first-order valence-corrected chi connectivity index (χ1v) is 5.09. The molecule has 19 heavy (non-hydrogen) atoms. The Morgan fingerprint density at radius 3 is 2.42 bits per heavy atom. The number of nitrogens with zero attached hydrogens (tertiary/aromatic N) is 1. The van der Waals surface area contributed by atoms with Crippen molar-refractivity contribution in [2.45, 2.75) is 25.9 Å². The third-order valence-corrected chi connectivity index (χ3v) is 2.34. The number of halogens is 5. The minimum atomic E-state index is -4.92. The van der Waals surface area contributed by atoms with E-state index < -0.39 is 41.8 Å². The van der Waals surface area contributed by atoms with E-state index in [9.17, 15) is 26.7 Å². The summed E-state index contributed by atoms with van der Waals surface area (Å²) in [5, 5.41) is 0. The quantitative estimate of drug-likeness (QED) is 0.632. The summed E-state index contributed by atoms with van der Waals surface area (Å²) < 4.78 is 67.6. The van der Waals surface area contributed by atoms with Crippen molar-refractivity contribution in [3.63, 3.8) is 0 Å². The highest BCUT2D eigenvalue weighted by atomic mass is 19.4. The van der Waals surface area contributed by atoms with Crippen LogP contribution in [0.4, 0.5) is 22.0 Å². The third kappa shape index (κ3) is 3.62. The fraction of sp³-hybridized carbons (Fsp3) is 0.455. The monoisotopic (exact) mass is 283 g/mol. The Labute approximate surface area is 105 Å². The Hall–Kier alpha value is -1.73. The van der Waals surface area contributed by atoms with Crippen LogP contribution in [0.5, 0.6) is 0 Å². The molecule has 3 nitrogen and oxygen atoms in total. The Morgan fingerprint density at radius 1 is 1.42 bits per heavy atom. The summed E-state index contributed by atoms with van der Waals surface area (Å²) in [6.45, 7) is 1.04. The Bertz CT molecular complexity index is 485. The molecule has 1 rings (SSSR count). The molecule has 8 heteroatoms. The second-order valence-corrected chi connectivity index (χ2v) is 3.74. The zero-order valence-electron chi connectivity index (χ0n) is 10.0. The van der Waals surface area contributed by atoms with Gasteiger partial charge in [0, 0.05) is 0 Å². The molecule has 0 atom stereocenters. The lowest BCUT2D eigenvalue weighted by Gasteiger charge is -2.15. The molecule has 0 radical (unpaired) electrons. The first kappa shape index (κ1) is 15.3. The van der Waals surface area contributed by atoms with Crippen LogP contribution >= 0.6 is 0 Å². The van der Waals surface area contributed by atoms with Gasteiger partial charge < -0.3 is 4.74 Å². The van der Waals surface area contributed by atoms with Gasteiger partial charge in [0.15, 0.2) is 0 Å². The minimum absolute atomic E-state index is 0.187. The lowest BCUT2D eigenvalue weighted by Crippen LogP contribution is -2.16. The molecule has 0 bridgehead atoms. The van der Waals surface area contributed by atoms with Gasteiger partial charge in [-0.3, -0.25) is 9.78 Å². The molecular formula is C11H10F5NO2. The summed E-state index contributed by atoms with van der Waals surface area (Å²) in [5.41, 5.74) is -3.42. The predicted molar refractivity (Wildman–Crippen MR) is 54.7 cm³/mol. The van der Waals surface area contributed by atoms with Crippen LogP contribution in [0.1, 0.15) is 28.9 Å². The predicted octanol–water partition coefficient (Wildman–Crippen LogP) is 3.06. The van der Waals surface area contributed by atoms with E-state index in [1.54, 1.807) is 0 Å². The Balaban J connectivity index is 3.34. The number of rotatable bonds is 3. The molecule has 1 aromatic heterocycles. The SMILES string of the molecule is COC(=O)Cc1cc(C)c(C(F)(F)F)c(C(F)F)n1. The maximum atomic E-state index is 12.7. The first-order chi connectivity index (χ1) is 8.66. The van der Waals surface area contributed by atoms with Gasteiger partial charge in [0.25, 0.3) is 6.43 Å². The zero-order chi connectivity index (χ0) is 14.8. The zero-order valence-corrected chi connectivity index (χ0v) is 10.0. The fourth-order valence-electron chi connectivity index (χ4n) is 1.60. The van der Waals surface area contributed by atoms with Crippen molar-refractivity contribution < 1.29 is 31.5 Å². The number of alkyl halides is 5. The highest BCUT2D eigenvalue weighted by Crippen LogP contribution is 2.37. The number of pyridine rings is 1. The second kappa shape index (κ2) is 5.50. The number of hydrogen-bond acceptors (Lipinski definition) is 3. The van der Waals surface area contributed by atoms with E-state index in [0.717, 1.165) is 20.1 Å². The fourth-order valence-corrected chi connectivity index (χ4v) is 1.60. The van der Waals surface area contributed by atoms with Gasteiger partial charge in [-0.15, -0.1) is 0 Å². The molecule has 0 aliphatic rings. The molecule has 0 unspecified atom stereocenters. The first-order valence-electron chi connectivity index (χ1n) is 5.09. The van der Waals surface area contributed by atoms with Gasteiger partial charge in [-0.1, -0.05) is 0 Å². The minimum Gasteiger partial charge on any atom is -0.469 e. The summed E-state index contributed by atoms with van der Waals surface area (Å²) in [6.07, 6.45) is -8.77. The molecule has 0 aromatic carbocycles. The molecular weight excluding hydrogens is 273 g/mol. The standard InChI is InChI=1S/C11H10F5NO2/c1-5-3-6(4-7(18)19-2)17-9(10(12)13)8(5)11(14,15)16/h3,10H,4H2,1-2H3. The largest absolute Gasteiger partial charge is 0.469 e. The van der Waals surface area contributed by atoms with Crippen LogP contribution in [0.3, 0.4) is 0 Å². The van der Waals surface area contributed by atoms with Crippen molar-refractivity contribution in [3.05, 3.63) is 28.6 Å². The summed E-state index contributed by atoms with van der Waals surface area (Å²) in [4.78, 5) is 14.2. The second-order valence-electron chi connectivity index (χ2n) is 3.74. The Morgan fingerprint density at radius 2 is 2.00 bits per heavy atom. The molecule has 0 N–H and O–H groups in total. The molecule has 0 aliphatic heterocycles. The number of methoxy groups -OCH3 is 1. The number of carbonyl (C=O) groups excluding carboxylic acids is 1. The lowest BCUT2D eigenvalue weighted by atomic mass is 10.0. The average Bonchev–Trinajstić information content (AvgIpc) is 2.25. The average molecular weight is 283 g/mol. The topological polar surface area (TPSA) is 39.2 Å². The molecule has 0 saturated heterocycles. The van der Waals surface area contributed by atoms with Crippen LogP contribution in [-0.4, -0.2) is 18.1 Å². The van der Waals surface area contributed by atoms with Gasteiger partial charge in [-0.25, -0.2) is 8.78 Å². The van der Waals surface area contributed by atoms with Gasteiger partial charge in [0.05, 0.1) is 24.8 Å².